The predicted octanol–water partition coefficient (Wildman–Crippen LogP) is 1.91. The van der Waals surface area contributed by atoms with E-state index in [0.717, 1.165) is 17.8 Å². The van der Waals surface area contributed by atoms with Crippen molar-refractivity contribution in [2.75, 3.05) is 13.2 Å². The molecule has 0 spiro atoms. The molecule has 94 valence electrons. The van der Waals surface area contributed by atoms with Gasteiger partial charge in [0, 0.05) is 30.6 Å². The lowest BCUT2D eigenvalue weighted by atomic mass is 10.0. The van der Waals surface area contributed by atoms with Crippen molar-refractivity contribution >= 4 is 16.3 Å². The Balaban J connectivity index is 1.76. The van der Waals surface area contributed by atoms with Crippen molar-refractivity contribution in [2.45, 2.75) is 25.8 Å². The minimum Gasteiger partial charge on any atom is -0.396 e. The Morgan fingerprint density at radius 3 is 2.82 bits per heavy atom. The molecule has 1 saturated carbocycles. The second-order valence-corrected chi connectivity index (χ2v) is 5.72. The fourth-order valence-electron chi connectivity index (χ4n) is 1.94. The van der Waals surface area contributed by atoms with Crippen molar-refractivity contribution < 1.29 is 10.0 Å². The molecule has 1 aromatic rings. The third kappa shape index (κ3) is 3.24. The van der Waals surface area contributed by atoms with Crippen LogP contribution < -0.4 is 5.32 Å². The summed E-state index contributed by atoms with van der Waals surface area (Å²) in [5.41, 5.74) is 0.290. The summed E-state index contributed by atoms with van der Waals surface area (Å²) in [6.45, 7) is 1.80. The zero-order valence-electron chi connectivity index (χ0n) is 9.52. The molecule has 0 aromatic carbocycles. The molecule has 1 aromatic heterocycles. The van der Waals surface area contributed by atoms with Gasteiger partial charge in [0.2, 0.25) is 0 Å². The van der Waals surface area contributed by atoms with E-state index in [-0.39, 0.29) is 21.9 Å². The van der Waals surface area contributed by atoms with Crippen molar-refractivity contribution in [3.05, 3.63) is 27.1 Å². The normalized spacial score (nSPS) is 17.0. The average molecular weight is 256 g/mol. The number of thiophene rings is 1. The van der Waals surface area contributed by atoms with E-state index in [2.05, 4.69) is 5.32 Å². The van der Waals surface area contributed by atoms with Gasteiger partial charge in [0.05, 0.1) is 4.92 Å². The predicted molar refractivity (Wildman–Crippen MR) is 66.0 cm³/mol. The summed E-state index contributed by atoms with van der Waals surface area (Å²) in [7, 11) is 0. The monoisotopic (exact) mass is 256 g/mol. The second-order valence-electron chi connectivity index (χ2n) is 4.57. The first kappa shape index (κ1) is 12.5. The molecule has 5 nitrogen and oxygen atoms in total. The average Bonchev–Trinajstić information content (AvgIpc) is 2.88. The lowest BCUT2D eigenvalue weighted by Crippen LogP contribution is -2.24. The van der Waals surface area contributed by atoms with Crippen LogP contribution >= 0.6 is 11.3 Å². The highest BCUT2D eigenvalue weighted by Gasteiger charge is 2.41. The van der Waals surface area contributed by atoms with Gasteiger partial charge in [-0.25, -0.2) is 0 Å². The summed E-state index contributed by atoms with van der Waals surface area (Å²) >= 11 is 1.21. The van der Waals surface area contributed by atoms with Crippen molar-refractivity contribution in [1.82, 2.24) is 5.32 Å². The number of hydrogen-bond acceptors (Lipinski definition) is 5. The Morgan fingerprint density at radius 2 is 2.29 bits per heavy atom. The first-order valence-electron chi connectivity index (χ1n) is 5.70. The van der Waals surface area contributed by atoms with Crippen LogP contribution in [0.15, 0.2) is 12.1 Å². The summed E-state index contributed by atoms with van der Waals surface area (Å²) in [4.78, 5) is 11.1. The van der Waals surface area contributed by atoms with Crippen LogP contribution in [0.25, 0.3) is 0 Å². The molecule has 0 saturated heterocycles. The fourth-order valence-corrected chi connectivity index (χ4v) is 2.73. The summed E-state index contributed by atoms with van der Waals surface area (Å²) in [5.74, 6) is 0. The van der Waals surface area contributed by atoms with Gasteiger partial charge >= 0.3 is 5.00 Å². The number of nitrogens with one attached hydrogen (secondary N) is 1. The number of aliphatic hydroxyl groups excluding tert-OH is 1. The molecule has 0 unspecified atom stereocenters. The highest BCUT2D eigenvalue weighted by atomic mass is 32.1. The van der Waals surface area contributed by atoms with Crippen LogP contribution in [0.3, 0.4) is 0 Å². The molecule has 1 aliphatic carbocycles. The standard InChI is InChI=1S/C11H16N2O3S/c14-6-5-11(3-4-11)8-12-7-9-1-2-10(17-9)13(15)16/h1-2,12,14H,3-8H2. The summed E-state index contributed by atoms with van der Waals surface area (Å²) in [6.07, 6.45) is 3.20. The van der Waals surface area contributed by atoms with Gasteiger partial charge in [-0.05, 0) is 30.7 Å². The van der Waals surface area contributed by atoms with Crippen LogP contribution in [-0.2, 0) is 6.54 Å². The molecule has 2 N–H and O–H groups in total. The van der Waals surface area contributed by atoms with Crippen LogP contribution in [0.2, 0.25) is 0 Å². The van der Waals surface area contributed by atoms with Gasteiger partial charge in [-0.15, -0.1) is 0 Å². The topological polar surface area (TPSA) is 75.4 Å². The third-order valence-electron chi connectivity index (χ3n) is 3.23. The summed E-state index contributed by atoms with van der Waals surface area (Å²) in [6, 6.07) is 3.34. The van der Waals surface area contributed by atoms with E-state index in [9.17, 15) is 10.1 Å². The first-order valence-corrected chi connectivity index (χ1v) is 6.52. The van der Waals surface area contributed by atoms with Gasteiger partial charge in [-0.2, -0.15) is 0 Å². The molecule has 0 aliphatic heterocycles. The van der Waals surface area contributed by atoms with E-state index in [0.29, 0.717) is 6.54 Å². The van der Waals surface area contributed by atoms with Gasteiger partial charge in [-0.1, -0.05) is 11.3 Å². The van der Waals surface area contributed by atoms with E-state index < -0.39 is 0 Å². The molecular formula is C11H16N2O3S. The van der Waals surface area contributed by atoms with Crippen molar-refractivity contribution in [3.63, 3.8) is 0 Å². The molecule has 17 heavy (non-hydrogen) atoms. The van der Waals surface area contributed by atoms with E-state index in [1.54, 1.807) is 12.1 Å². The Bertz CT molecular complexity index is 401. The van der Waals surface area contributed by atoms with Crippen LogP contribution in [0, 0.1) is 15.5 Å². The summed E-state index contributed by atoms with van der Waals surface area (Å²) in [5, 5.41) is 22.9. The Morgan fingerprint density at radius 1 is 1.53 bits per heavy atom. The Kier molecular flexibility index (Phi) is 3.76. The van der Waals surface area contributed by atoms with Crippen LogP contribution in [0.5, 0.6) is 0 Å². The largest absolute Gasteiger partial charge is 0.396 e. The number of rotatable bonds is 7. The molecule has 0 radical (unpaired) electrons. The molecule has 1 heterocycles. The minimum atomic E-state index is -0.359. The van der Waals surface area contributed by atoms with Gasteiger partial charge in [0.25, 0.3) is 0 Å². The van der Waals surface area contributed by atoms with Crippen molar-refractivity contribution in [2.24, 2.45) is 5.41 Å². The van der Waals surface area contributed by atoms with Crippen LogP contribution in [-0.4, -0.2) is 23.2 Å². The molecule has 0 amide bonds. The molecular weight excluding hydrogens is 240 g/mol. The number of nitro groups is 1. The summed E-state index contributed by atoms with van der Waals surface area (Å²) < 4.78 is 0. The maximum Gasteiger partial charge on any atom is 0.324 e. The Labute approximate surface area is 104 Å². The first-order chi connectivity index (χ1) is 8.15. The van der Waals surface area contributed by atoms with Gasteiger partial charge in [0.1, 0.15) is 0 Å². The lowest BCUT2D eigenvalue weighted by molar-refractivity contribution is -0.380. The van der Waals surface area contributed by atoms with Gasteiger partial charge < -0.3 is 10.4 Å². The molecule has 1 fully saturated rings. The lowest BCUT2D eigenvalue weighted by Gasteiger charge is -2.13. The van der Waals surface area contributed by atoms with E-state index in [1.165, 1.54) is 24.2 Å². The van der Waals surface area contributed by atoms with Gasteiger partial charge in [0.15, 0.2) is 0 Å². The smallest absolute Gasteiger partial charge is 0.324 e. The number of hydrogen-bond donors (Lipinski definition) is 2. The van der Waals surface area contributed by atoms with Crippen LogP contribution in [0.1, 0.15) is 24.1 Å². The molecule has 0 atom stereocenters. The Hall–Kier alpha value is -0.980. The maximum absolute atomic E-state index is 10.5. The quantitative estimate of drug-likeness (QED) is 0.577. The second kappa shape index (κ2) is 5.12. The number of aliphatic hydroxyl groups is 1. The minimum absolute atomic E-state index is 0.193. The van der Waals surface area contributed by atoms with E-state index in [1.807, 2.05) is 0 Å². The molecule has 2 rings (SSSR count). The SMILES string of the molecule is O=[N+]([O-])c1ccc(CNCC2(CCO)CC2)s1. The molecule has 0 bridgehead atoms. The maximum atomic E-state index is 10.5. The fraction of sp³-hybridized carbons (Fsp3) is 0.636. The van der Waals surface area contributed by atoms with Crippen molar-refractivity contribution in [3.8, 4) is 0 Å². The highest BCUT2D eigenvalue weighted by molar-refractivity contribution is 7.15. The van der Waals surface area contributed by atoms with E-state index >= 15 is 0 Å². The third-order valence-corrected chi connectivity index (χ3v) is 4.26. The zero-order chi connectivity index (χ0) is 12.3. The molecule has 1 aliphatic rings. The van der Waals surface area contributed by atoms with Crippen molar-refractivity contribution in [1.29, 1.82) is 0 Å². The molecule has 6 heteroatoms. The highest BCUT2D eigenvalue weighted by Crippen LogP contribution is 2.47. The number of nitrogens with zero attached hydrogens (tertiary/aromatic N) is 1. The van der Waals surface area contributed by atoms with E-state index in [4.69, 9.17) is 5.11 Å². The zero-order valence-corrected chi connectivity index (χ0v) is 10.3. The van der Waals surface area contributed by atoms with Gasteiger partial charge in [-0.3, -0.25) is 10.1 Å². The van der Waals surface area contributed by atoms with Crippen LogP contribution in [0.4, 0.5) is 5.00 Å².